The highest BCUT2D eigenvalue weighted by Gasteiger charge is 2.22. The Balaban J connectivity index is 1.57. The molecule has 2 aliphatic rings. The summed E-state index contributed by atoms with van der Waals surface area (Å²) in [5, 5.41) is 12.6. The number of nitrogens with zero attached hydrogens (tertiary/aromatic N) is 1. The molecule has 0 bridgehead atoms. The number of β-amino-alcohol motifs (C(OH)–C–C–N with tert-alkyl or cyclic N) is 1. The highest BCUT2D eigenvalue weighted by atomic mass is 16.5. The molecule has 2 atom stereocenters. The summed E-state index contributed by atoms with van der Waals surface area (Å²) in [6.07, 6.45) is 2.50. The minimum Gasteiger partial charge on any atom is -0.392 e. The summed E-state index contributed by atoms with van der Waals surface area (Å²) in [5.41, 5.74) is 2.00. The Morgan fingerprint density at radius 2 is 2.32 bits per heavy atom. The van der Waals surface area contributed by atoms with Crippen LogP contribution < -0.4 is 5.32 Å². The molecule has 0 unspecified atom stereocenters. The van der Waals surface area contributed by atoms with Crippen molar-refractivity contribution in [3.8, 4) is 0 Å². The van der Waals surface area contributed by atoms with E-state index in [-0.39, 0.29) is 17.9 Å². The number of hydrogen-bond acceptors (Lipinski definition) is 4. The Hall–Kier alpha value is -1.43. The monoisotopic (exact) mass is 304 g/mol. The molecule has 2 saturated heterocycles. The van der Waals surface area contributed by atoms with Crippen LogP contribution in [-0.4, -0.2) is 48.3 Å². The Morgan fingerprint density at radius 3 is 3.05 bits per heavy atom. The molecule has 0 spiro atoms. The summed E-state index contributed by atoms with van der Waals surface area (Å²) in [7, 11) is 0. The summed E-state index contributed by atoms with van der Waals surface area (Å²) in [4.78, 5) is 14.5. The molecule has 2 N–H and O–H groups in total. The second-order valence-corrected chi connectivity index (χ2v) is 6.28. The number of benzene rings is 1. The second-order valence-electron chi connectivity index (χ2n) is 6.28. The normalized spacial score (nSPS) is 26.0. The maximum atomic E-state index is 12.2. The number of nitrogens with one attached hydrogen (secondary N) is 1. The predicted octanol–water partition coefficient (Wildman–Crippen LogP) is 1.62. The lowest BCUT2D eigenvalue weighted by Gasteiger charge is -2.21. The third kappa shape index (κ3) is 4.06. The van der Waals surface area contributed by atoms with Gasteiger partial charge in [0.05, 0.1) is 18.6 Å². The zero-order chi connectivity index (χ0) is 15.4. The van der Waals surface area contributed by atoms with Crippen molar-refractivity contribution in [3.63, 3.8) is 0 Å². The fourth-order valence-corrected chi connectivity index (χ4v) is 3.15. The van der Waals surface area contributed by atoms with E-state index in [4.69, 9.17) is 4.74 Å². The minimum absolute atomic E-state index is 0.0360. The Labute approximate surface area is 131 Å². The number of likely N-dealkylation sites (tertiary alicyclic amines) is 1. The van der Waals surface area contributed by atoms with Gasteiger partial charge in [-0.1, -0.05) is 12.1 Å². The number of anilines is 1. The topological polar surface area (TPSA) is 61.8 Å². The van der Waals surface area contributed by atoms with Crippen molar-refractivity contribution in [2.24, 2.45) is 5.92 Å². The second kappa shape index (κ2) is 7.22. The van der Waals surface area contributed by atoms with E-state index in [2.05, 4.69) is 16.3 Å². The molecular weight excluding hydrogens is 280 g/mol. The SMILES string of the molecule is O=C(Nc1cccc(CN2CC[C@H](O)C2)c1)[C@H]1CCCOC1. The number of carbonyl (C=O) groups excluding carboxylic acids is 1. The lowest BCUT2D eigenvalue weighted by Crippen LogP contribution is -2.30. The van der Waals surface area contributed by atoms with E-state index in [1.807, 2.05) is 18.2 Å². The van der Waals surface area contributed by atoms with Crippen molar-refractivity contribution >= 4 is 11.6 Å². The maximum Gasteiger partial charge on any atom is 0.229 e. The Morgan fingerprint density at radius 1 is 1.41 bits per heavy atom. The van der Waals surface area contributed by atoms with E-state index in [0.29, 0.717) is 6.61 Å². The standard InChI is InChI=1S/C17H24N2O3/c20-16-6-7-19(11-16)10-13-3-1-5-15(9-13)18-17(21)14-4-2-8-22-12-14/h1,3,5,9,14,16,20H,2,4,6-8,10-12H2,(H,18,21)/t14-,16-/m0/s1. The van der Waals surface area contributed by atoms with Gasteiger partial charge in [0.2, 0.25) is 5.91 Å². The van der Waals surface area contributed by atoms with Crippen LogP contribution in [0.25, 0.3) is 0 Å². The van der Waals surface area contributed by atoms with Crippen LogP contribution in [0, 0.1) is 5.92 Å². The van der Waals surface area contributed by atoms with Crippen LogP contribution in [0.3, 0.4) is 0 Å². The summed E-state index contributed by atoms with van der Waals surface area (Å²) < 4.78 is 5.37. The molecule has 22 heavy (non-hydrogen) atoms. The van der Waals surface area contributed by atoms with Crippen molar-refractivity contribution in [3.05, 3.63) is 29.8 Å². The third-order valence-electron chi connectivity index (χ3n) is 4.38. The highest BCUT2D eigenvalue weighted by molar-refractivity contribution is 5.92. The Bertz CT molecular complexity index is 514. The molecule has 2 aliphatic heterocycles. The molecule has 0 aliphatic carbocycles. The van der Waals surface area contributed by atoms with E-state index in [9.17, 15) is 9.90 Å². The zero-order valence-electron chi connectivity index (χ0n) is 12.8. The van der Waals surface area contributed by atoms with Crippen LogP contribution in [-0.2, 0) is 16.1 Å². The molecule has 2 heterocycles. The number of aliphatic hydroxyl groups excluding tert-OH is 1. The van der Waals surface area contributed by atoms with E-state index in [1.165, 1.54) is 0 Å². The zero-order valence-corrected chi connectivity index (χ0v) is 12.8. The molecule has 0 radical (unpaired) electrons. The number of carbonyl (C=O) groups is 1. The van der Waals surface area contributed by atoms with Gasteiger partial charge in [0.1, 0.15) is 0 Å². The average Bonchev–Trinajstić information content (AvgIpc) is 2.93. The maximum absolute atomic E-state index is 12.2. The molecule has 0 aromatic heterocycles. The van der Waals surface area contributed by atoms with Crippen molar-refractivity contribution in [1.82, 2.24) is 4.90 Å². The van der Waals surface area contributed by atoms with E-state index in [0.717, 1.165) is 56.8 Å². The average molecular weight is 304 g/mol. The summed E-state index contributed by atoms with van der Waals surface area (Å²) >= 11 is 0. The Kier molecular flexibility index (Phi) is 5.08. The van der Waals surface area contributed by atoms with Crippen LogP contribution >= 0.6 is 0 Å². The van der Waals surface area contributed by atoms with Crippen molar-refractivity contribution in [2.75, 3.05) is 31.6 Å². The first kappa shape index (κ1) is 15.5. The lowest BCUT2D eigenvalue weighted by atomic mass is 10.0. The number of amides is 1. The van der Waals surface area contributed by atoms with Gasteiger partial charge in [-0.05, 0) is 37.0 Å². The summed E-state index contributed by atoms with van der Waals surface area (Å²) in [6, 6.07) is 7.97. The largest absolute Gasteiger partial charge is 0.392 e. The van der Waals surface area contributed by atoms with Gasteiger partial charge in [0.25, 0.3) is 0 Å². The van der Waals surface area contributed by atoms with Gasteiger partial charge in [-0.25, -0.2) is 0 Å². The summed E-state index contributed by atoms with van der Waals surface area (Å²) in [5.74, 6) is 0.0135. The van der Waals surface area contributed by atoms with Gasteiger partial charge >= 0.3 is 0 Å². The third-order valence-corrected chi connectivity index (χ3v) is 4.38. The molecule has 1 aromatic carbocycles. The molecule has 1 amide bonds. The first-order chi connectivity index (χ1) is 10.7. The van der Waals surface area contributed by atoms with Crippen LogP contribution in [0.1, 0.15) is 24.8 Å². The molecule has 5 nitrogen and oxygen atoms in total. The van der Waals surface area contributed by atoms with Crippen LogP contribution in [0.5, 0.6) is 0 Å². The van der Waals surface area contributed by atoms with Gasteiger partial charge in [-0.2, -0.15) is 0 Å². The lowest BCUT2D eigenvalue weighted by molar-refractivity contribution is -0.123. The van der Waals surface area contributed by atoms with Crippen LogP contribution in [0.2, 0.25) is 0 Å². The van der Waals surface area contributed by atoms with E-state index >= 15 is 0 Å². The smallest absolute Gasteiger partial charge is 0.229 e. The number of ether oxygens (including phenoxy) is 1. The van der Waals surface area contributed by atoms with Gasteiger partial charge in [0, 0.05) is 31.9 Å². The molecule has 5 heteroatoms. The van der Waals surface area contributed by atoms with E-state index in [1.54, 1.807) is 0 Å². The van der Waals surface area contributed by atoms with Gasteiger partial charge in [0.15, 0.2) is 0 Å². The van der Waals surface area contributed by atoms with Crippen molar-refractivity contribution in [2.45, 2.75) is 31.9 Å². The van der Waals surface area contributed by atoms with E-state index < -0.39 is 0 Å². The molecule has 0 saturated carbocycles. The van der Waals surface area contributed by atoms with Crippen molar-refractivity contribution < 1.29 is 14.6 Å². The minimum atomic E-state index is -0.200. The molecule has 3 rings (SSSR count). The van der Waals surface area contributed by atoms with Gasteiger partial charge in [-0.15, -0.1) is 0 Å². The van der Waals surface area contributed by atoms with Gasteiger partial charge in [-0.3, -0.25) is 9.69 Å². The fraction of sp³-hybridized carbons (Fsp3) is 0.588. The number of hydrogen-bond donors (Lipinski definition) is 2. The number of rotatable bonds is 4. The summed E-state index contributed by atoms with van der Waals surface area (Å²) in [6.45, 7) is 3.76. The molecule has 2 fully saturated rings. The molecular formula is C17H24N2O3. The van der Waals surface area contributed by atoms with Crippen molar-refractivity contribution in [1.29, 1.82) is 0 Å². The fourth-order valence-electron chi connectivity index (χ4n) is 3.15. The first-order valence-electron chi connectivity index (χ1n) is 8.08. The molecule has 1 aromatic rings. The van der Waals surface area contributed by atoms with Crippen LogP contribution in [0.15, 0.2) is 24.3 Å². The number of aliphatic hydroxyl groups is 1. The molecule has 120 valence electrons. The van der Waals surface area contributed by atoms with Gasteiger partial charge < -0.3 is 15.2 Å². The quantitative estimate of drug-likeness (QED) is 0.887. The predicted molar refractivity (Wildman–Crippen MR) is 84.5 cm³/mol. The first-order valence-corrected chi connectivity index (χ1v) is 8.08. The highest BCUT2D eigenvalue weighted by Crippen LogP contribution is 2.19. The van der Waals surface area contributed by atoms with Crippen LogP contribution in [0.4, 0.5) is 5.69 Å².